The third-order valence-corrected chi connectivity index (χ3v) is 6.30. The van der Waals surface area contributed by atoms with Crippen molar-refractivity contribution in [3.8, 4) is 5.75 Å². The molecular formula is C22H26ClNO4S. The van der Waals surface area contributed by atoms with Crippen molar-refractivity contribution in [1.29, 1.82) is 0 Å². The van der Waals surface area contributed by atoms with Gasteiger partial charge in [0.2, 0.25) is 0 Å². The van der Waals surface area contributed by atoms with Gasteiger partial charge in [-0.25, -0.2) is 4.79 Å². The number of anilines is 1. The smallest absolute Gasteiger partial charge is 0.341 e. The van der Waals surface area contributed by atoms with Crippen molar-refractivity contribution in [2.75, 3.05) is 11.9 Å². The van der Waals surface area contributed by atoms with E-state index in [0.717, 1.165) is 48.1 Å². The van der Waals surface area contributed by atoms with Crippen LogP contribution in [0.2, 0.25) is 5.02 Å². The normalized spacial score (nSPS) is 14.1. The Kier molecular flexibility index (Phi) is 7.19. The molecule has 1 N–H and O–H groups in total. The number of carbonyl (C=O) groups is 2. The number of halogens is 1. The number of fused-ring (bicyclic) bond motifs is 1. The monoisotopic (exact) mass is 435 g/mol. The second kappa shape index (κ2) is 9.63. The van der Waals surface area contributed by atoms with Crippen molar-refractivity contribution in [3.63, 3.8) is 0 Å². The Morgan fingerprint density at radius 1 is 1.28 bits per heavy atom. The molecule has 1 heterocycles. The Morgan fingerprint density at radius 2 is 2.03 bits per heavy atom. The van der Waals surface area contributed by atoms with Gasteiger partial charge in [-0.05, 0) is 75.3 Å². The highest BCUT2D eigenvalue weighted by molar-refractivity contribution is 7.17. The predicted molar refractivity (Wildman–Crippen MR) is 116 cm³/mol. The van der Waals surface area contributed by atoms with E-state index >= 15 is 0 Å². The van der Waals surface area contributed by atoms with Gasteiger partial charge in [-0.2, -0.15) is 0 Å². The number of hydrogen-bond acceptors (Lipinski definition) is 5. The van der Waals surface area contributed by atoms with Crippen LogP contribution in [0.3, 0.4) is 0 Å². The largest absolute Gasteiger partial charge is 0.481 e. The molecule has 0 fully saturated rings. The maximum Gasteiger partial charge on any atom is 0.341 e. The maximum atomic E-state index is 12.8. The molecule has 0 spiro atoms. The number of thiophene rings is 1. The SMILES string of the molecule is CCCOC(=O)c1c(NC(=O)C(C)Oc2ccc(Cl)cc2C)sc2c1CCCC2. The third-order valence-electron chi connectivity index (χ3n) is 4.86. The highest BCUT2D eigenvalue weighted by Crippen LogP contribution is 2.38. The molecule has 1 aromatic carbocycles. The first-order valence-electron chi connectivity index (χ1n) is 9.96. The Bertz CT molecular complexity index is 908. The fourth-order valence-corrected chi connectivity index (χ4v) is 4.85. The van der Waals surface area contributed by atoms with Crippen LogP contribution < -0.4 is 10.1 Å². The molecule has 0 radical (unpaired) electrons. The summed E-state index contributed by atoms with van der Waals surface area (Å²) >= 11 is 7.45. The summed E-state index contributed by atoms with van der Waals surface area (Å²) in [4.78, 5) is 26.6. The van der Waals surface area contributed by atoms with Gasteiger partial charge in [-0.3, -0.25) is 4.79 Å². The number of amides is 1. The van der Waals surface area contributed by atoms with Gasteiger partial charge in [0, 0.05) is 9.90 Å². The van der Waals surface area contributed by atoms with Crippen molar-refractivity contribution in [3.05, 3.63) is 44.8 Å². The van der Waals surface area contributed by atoms with Gasteiger partial charge in [0.05, 0.1) is 12.2 Å². The van der Waals surface area contributed by atoms with Crippen LogP contribution in [0.4, 0.5) is 5.00 Å². The molecule has 7 heteroatoms. The van der Waals surface area contributed by atoms with Gasteiger partial charge < -0.3 is 14.8 Å². The molecule has 1 aliphatic rings. The lowest BCUT2D eigenvalue weighted by atomic mass is 9.95. The summed E-state index contributed by atoms with van der Waals surface area (Å²) in [6.45, 7) is 5.88. The highest BCUT2D eigenvalue weighted by atomic mass is 35.5. The van der Waals surface area contributed by atoms with E-state index in [0.29, 0.717) is 27.9 Å². The Hall–Kier alpha value is -2.05. The van der Waals surface area contributed by atoms with Gasteiger partial charge in [-0.15, -0.1) is 11.3 Å². The molecule has 1 aromatic heterocycles. The molecule has 0 bridgehead atoms. The quantitative estimate of drug-likeness (QED) is 0.578. The fraction of sp³-hybridized carbons (Fsp3) is 0.455. The molecule has 1 atom stereocenters. The van der Waals surface area contributed by atoms with Crippen LogP contribution in [0.15, 0.2) is 18.2 Å². The molecule has 1 aliphatic carbocycles. The molecule has 0 saturated heterocycles. The van der Waals surface area contributed by atoms with Gasteiger partial charge >= 0.3 is 5.97 Å². The predicted octanol–water partition coefficient (Wildman–Crippen LogP) is 5.56. The minimum atomic E-state index is -0.728. The Labute approximate surface area is 180 Å². The zero-order valence-corrected chi connectivity index (χ0v) is 18.5. The summed E-state index contributed by atoms with van der Waals surface area (Å²) in [6, 6.07) is 5.26. The highest BCUT2D eigenvalue weighted by Gasteiger charge is 2.28. The molecule has 5 nitrogen and oxygen atoms in total. The topological polar surface area (TPSA) is 64.6 Å². The number of nitrogens with one attached hydrogen (secondary N) is 1. The first kappa shape index (κ1) is 21.7. The summed E-state index contributed by atoms with van der Waals surface area (Å²) in [7, 11) is 0. The third kappa shape index (κ3) is 5.11. The maximum absolute atomic E-state index is 12.8. The van der Waals surface area contributed by atoms with E-state index in [-0.39, 0.29) is 11.9 Å². The molecule has 156 valence electrons. The Morgan fingerprint density at radius 3 is 2.76 bits per heavy atom. The zero-order chi connectivity index (χ0) is 21.0. The fourth-order valence-electron chi connectivity index (χ4n) is 3.34. The second-order valence-corrected chi connectivity index (χ2v) is 8.75. The van der Waals surface area contributed by atoms with E-state index in [2.05, 4.69) is 5.32 Å². The first-order valence-corrected chi connectivity index (χ1v) is 11.2. The minimum absolute atomic E-state index is 0.303. The average molecular weight is 436 g/mol. The number of ether oxygens (including phenoxy) is 2. The lowest BCUT2D eigenvalue weighted by Gasteiger charge is -2.16. The van der Waals surface area contributed by atoms with E-state index in [4.69, 9.17) is 21.1 Å². The van der Waals surface area contributed by atoms with Crippen LogP contribution in [-0.4, -0.2) is 24.6 Å². The Balaban J connectivity index is 1.78. The lowest BCUT2D eigenvalue weighted by Crippen LogP contribution is -2.30. The van der Waals surface area contributed by atoms with E-state index in [1.165, 1.54) is 11.3 Å². The second-order valence-electron chi connectivity index (χ2n) is 7.21. The van der Waals surface area contributed by atoms with E-state index in [9.17, 15) is 9.59 Å². The van der Waals surface area contributed by atoms with Crippen LogP contribution in [0, 0.1) is 6.92 Å². The molecular weight excluding hydrogens is 410 g/mol. The number of rotatable bonds is 7. The number of carbonyl (C=O) groups excluding carboxylic acids is 2. The molecule has 0 saturated carbocycles. The summed E-state index contributed by atoms with van der Waals surface area (Å²) in [5.41, 5.74) is 2.40. The van der Waals surface area contributed by atoms with Gasteiger partial charge in [0.25, 0.3) is 5.91 Å². The average Bonchev–Trinajstić information content (AvgIpc) is 3.06. The molecule has 0 aliphatic heterocycles. The van der Waals surface area contributed by atoms with E-state index in [1.54, 1.807) is 25.1 Å². The van der Waals surface area contributed by atoms with Crippen molar-refractivity contribution in [2.45, 2.75) is 59.0 Å². The first-order chi connectivity index (χ1) is 13.9. The summed E-state index contributed by atoms with van der Waals surface area (Å²) in [5.74, 6) is -0.0590. The van der Waals surface area contributed by atoms with Crippen LogP contribution in [0.5, 0.6) is 5.75 Å². The van der Waals surface area contributed by atoms with Gasteiger partial charge in [0.15, 0.2) is 6.10 Å². The molecule has 1 unspecified atom stereocenters. The number of esters is 1. The molecule has 2 aromatic rings. The van der Waals surface area contributed by atoms with Crippen LogP contribution >= 0.6 is 22.9 Å². The zero-order valence-electron chi connectivity index (χ0n) is 17.0. The summed E-state index contributed by atoms with van der Waals surface area (Å²) in [5, 5.41) is 4.08. The number of benzene rings is 1. The van der Waals surface area contributed by atoms with Crippen molar-refractivity contribution in [1.82, 2.24) is 0 Å². The lowest BCUT2D eigenvalue weighted by molar-refractivity contribution is -0.122. The van der Waals surface area contributed by atoms with Gasteiger partial charge in [0.1, 0.15) is 10.8 Å². The minimum Gasteiger partial charge on any atom is -0.481 e. The number of aryl methyl sites for hydroxylation is 2. The van der Waals surface area contributed by atoms with Gasteiger partial charge in [-0.1, -0.05) is 18.5 Å². The van der Waals surface area contributed by atoms with Crippen molar-refractivity contribution in [2.24, 2.45) is 0 Å². The summed E-state index contributed by atoms with van der Waals surface area (Å²) < 4.78 is 11.2. The van der Waals surface area contributed by atoms with E-state index in [1.807, 2.05) is 13.8 Å². The van der Waals surface area contributed by atoms with Crippen LogP contribution in [-0.2, 0) is 22.4 Å². The standard InChI is InChI=1S/C22H26ClNO4S/c1-4-11-27-22(26)19-16-7-5-6-8-18(16)29-21(19)24-20(25)14(3)28-17-10-9-15(23)12-13(17)2/h9-10,12,14H,4-8,11H2,1-3H3,(H,24,25). The van der Waals surface area contributed by atoms with Crippen molar-refractivity contribution < 1.29 is 19.1 Å². The van der Waals surface area contributed by atoms with Crippen molar-refractivity contribution >= 4 is 39.8 Å². The molecule has 29 heavy (non-hydrogen) atoms. The van der Waals surface area contributed by atoms with Crippen LogP contribution in [0.1, 0.15) is 59.5 Å². The number of hydrogen-bond donors (Lipinski definition) is 1. The van der Waals surface area contributed by atoms with Crippen LogP contribution in [0.25, 0.3) is 0 Å². The molecule has 3 rings (SSSR count). The summed E-state index contributed by atoms with van der Waals surface area (Å²) in [6.07, 6.45) is 3.94. The molecule has 1 amide bonds. The van der Waals surface area contributed by atoms with E-state index < -0.39 is 6.10 Å².